The Bertz CT molecular complexity index is 97.6. The van der Waals surface area contributed by atoms with Crippen molar-refractivity contribution >= 4 is 7.85 Å². The normalized spacial score (nSPS) is 32.9. The summed E-state index contributed by atoms with van der Waals surface area (Å²) >= 11 is 0. The average Bonchev–Trinajstić information content (AvgIpc) is 2.31. The van der Waals surface area contributed by atoms with E-state index in [1.807, 2.05) is 6.92 Å². The summed E-state index contributed by atoms with van der Waals surface area (Å²) in [5.74, 6) is 0. The molecule has 0 aromatic rings. The Balaban J connectivity index is 2.06. The van der Waals surface area contributed by atoms with Gasteiger partial charge in [0.2, 0.25) is 0 Å². The summed E-state index contributed by atoms with van der Waals surface area (Å²) in [6, 6.07) is -0.0505. The highest BCUT2D eigenvalue weighted by Gasteiger charge is 2.20. The van der Waals surface area contributed by atoms with Crippen molar-refractivity contribution in [1.29, 1.82) is 0 Å². The van der Waals surface area contributed by atoms with Gasteiger partial charge in [-0.15, -0.1) is 0 Å². The first-order chi connectivity index (χ1) is 4.83. The highest BCUT2D eigenvalue weighted by molar-refractivity contribution is 6.11. The van der Waals surface area contributed by atoms with Crippen molar-refractivity contribution in [3.8, 4) is 0 Å². The van der Waals surface area contributed by atoms with Crippen LogP contribution in [0.25, 0.3) is 0 Å². The minimum atomic E-state index is -0.0505. The maximum Gasteiger partial charge on any atom is 0.109 e. The molecule has 3 heteroatoms. The van der Waals surface area contributed by atoms with Crippen LogP contribution in [-0.2, 0) is 9.47 Å². The van der Waals surface area contributed by atoms with Crippen molar-refractivity contribution in [2.24, 2.45) is 0 Å². The fraction of sp³-hybridized carbons (Fsp3) is 1.00. The molecule has 0 saturated carbocycles. The van der Waals surface area contributed by atoms with Crippen molar-refractivity contribution < 1.29 is 9.47 Å². The molecule has 2 nitrogen and oxygen atoms in total. The summed E-state index contributed by atoms with van der Waals surface area (Å²) in [5, 5.41) is 0. The highest BCUT2D eigenvalue weighted by atomic mass is 16.5. The molecule has 2 atom stereocenters. The summed E-state index contributed by atoms with van der Waals surface area (Å²) in [4.78, 5) is 0. The van der Waals surface area contributed by atoms with E-state index in [9.17, 15) is 0 Å². The predicted molar refractivity (Wildman–Crippen MR) is 40.1 cm³/mol. The van der Waals surface area contributed by atoms with Gasteiger partial charge >= 0.3 is 0 Å². The molecule has 0 N–H and O–H groups in total. The van der Waals surface area contributed by atoms with E-state index in [4.69, 9.17) is 17.3 Å². The number of hydrogen-bond acceptors (Lipinski definition) is 2. The monoisotopic (exact) mass is 140 g/mol. The fourth-order valence-corrected chi connectivity index (χ4v) is 1.11. The molecule has 1 heterocycles. The maximum absolute atomic E-state index is 5.52. The van der Waals surface area contributed by atoms with Crippen molar-refractivity contribution in [3.63, 3.8) is 0 Å². The van der Waals surface area contributed by atoms with Crippen LogP contribution in [0.15, 0.2) is 0 Å². The molecule has 0 amide bonds. The molecule has 2 radical (unpaired) electrons. The summed E-state index contributed by atoms with van der Waals surface area (Å²) in [5.41, 5.74) is 0. The second-order valence-electron chi connectivity index (χ2n) is 2.53. The van der Waals surface area contributed by atoms with Gasteiger partial charge in [0.15, 0.2) is 0 Å². The van der Waals surface area contributed by atoms with Gasteiger partial charge in [0.25, 0.3) is 0 Å². The molecule has 10 heavy (non-hydrogen) atoms. The Morgan fingerprint density at radius 3 is 2.90 bits per heavy atom. The summed E-state index contributed by atoms with van der Waals surface area (Å²) in [6.07, 6.45) is 2.26. The van der Waals surface area contributed by atoms with E-state index in [2.05, 4.69) is 0 Å². The molecule has 0 spiro atoms. The van der Waals surface area contributed by atoms with E-state index in [-0.39, 0.29) is 12.1 Å². The van der Waals surface area contributed by atoms with Crippen LogP contribution in [0.5, 0.6) is 0 Å². The number of rotatable bonds is 3. The zero-order valence-electron chi connectivity index (χ0n) is 6.38. The summed E-state index contributed by atoms with van der Waals surface area (Å²) in [7, 11) is 5.52. The van der Waals surface area contributed by atoms with E-state index in [1.54, 1.807) is 0 Å². The van der Waals surface area contributed by atoms with Gasteiger partial charge in [-0.2, -0.15) is 0 Å². The molecule has 0 aliphatic carbocycles. The lowest BCUT2D eigenvalue weighted by atomic mass is 9.97. The summed E-state index contributed by atoms with van der Waals surface area (Å²) < 4.78 is 10.5. The van der Waals surface area contributed by atoms with E-state index < -0.39 is 0 Å². The SMILES string of the molecule is [B]C1CCC(COCC)O1. The zero-order valence-corrected chi connectivity index (χ0v) is 6.38. The van der Waals surface area contributed by atoms with Gasteiger partial charge in [-0.25, -0.2) is 0 Å². The van der Waals surface area contributed by atoms with Crippen LogP contribution in [-0.4, -0.2) is 33.2 Å². The molecule has 2 unspecified atom stereocenters. The van der Waals surface area contributed by atoms with Gasteiger partial charge in [-0.3, -0.25) is 0 Å². The Hall–Kier alpha value is -0.0151. The third-order valence-corrected chi connectivity index (χ3v) is 1.65. The smallest absolute Gasteiger partial charge is 0.109 e. The molecule has 56 valence electrons. The molecular weight excluding hydrogens is 127 g/mol. The highest BCUT2D eigenvalue weighted by Crippen LogP contribution is 2.16. The van der Waals surface area contributed by atoms with Gasteiger partial charge in [-0.05, 0) is 19.8 Å². The van der Waals surface area contributed by atoms with Crippen LogP contribution < -0.4 is 0 Å². The first-order valence-electron chi connectivity index (χ1n) is 3.81. The standard InChI is InChI=1S/C7H13BO2/c1-2-9-5-6-3-4-7(8)10-6/h6-7H,2-5H2,1H3. The Labute approximate surface area is 63.3 Å². The zero-order chi connectivity index (χ0) is 7.40. The first-order valence-corrected chi connectivity index (χ1v) is 3.81. The van der Waals surface area contributed by atoms with E-state index in [0.29, 0.717) is 6.61 Å². The largest absolute Gasteiger partial charge is 0.382 e. The quantitative estimate of drug-likeness (QED) is 0.537. The van der Waals surface area contributed by atoms with E-state index in [1.165, 1.54) is 0 Å². The second-order valence-corrected chi connectivity index (χ2v) is 2.53. The third-order valence-electron chi connectivity index (χ3n) is 1.65. The molecule has 1 fully saturated rings. The van der Waals surface area contributed by atoms with Crippen LogP contribution in [0.3, 0.4) is 0 Å². The van der Waals surface area contributed by atoms with Gasteiger partial charge in [-0.1, -0.05) is 0 Å². The first kappa shape index (κ1) is 8.09. The topological polar surface area (TPSA) is 18.5 Å². The molecule has 0 aromatic carbocycles. The summed E-state index contributed by atoms with van der Waals surface area (Å²) in [6.45, 7) is 3.44. The molecule has 1 rings (SSSR count). The molecule has 0 aromatic heterocycles. The lowest BCUT2D eigenvalue weighted by Crippen LogP contribution is -2.16. The van der Waals surface area contributed by atoms with Crippen LogP contribution >= 0.6 is 0 Å². The van der Waals surface area contributed by atoms with Gasteiger partial charge in [0.05, 0.1) is 12.7 Å². The predicted octanol–water partition coefficient (Wildman–Crippen LogP) is 0.696. The van der Waals surface area contributed by atoms with Crippen molar-refractivity contribution in [1.82, 2.24) is 0 Å². The molecular formula is C7H13BO2. The van der Waals surface area contributed by atoms with Crippen molar-refractivity contribution in [2.75, 3.05) is 13.2 Å². The third kappa shape index (κ3) is 2.31. The van der Waals surface area contributed by atoms with Gasteiger partial charge < -0.3 is 9.47 Å². The van der Waals surface area contributed by atoms with Crippen LogP contribution in [0.4, 0.5) is 0 Å². The van der Waals surface area contributed by atoms with Gasteiger partial charge in [0.1, 0.15) is 7.85 Å². The Morgan fingerprint density at radius 2 is 2.40 bits per heavy atom. The van der Waals surface area contributed by atoms with Crippen molar-refractivity contribution in [2.45, 2.75) is 31.9 Å². The second kappa shape index (κ2) is 3.99. The minimum absolute atomic E-state index is 0.0505. The molecule has 0 bridgehead atoms. The lowest BCUT2D eigenvalue weighted by Gasteiger charge is -2.09. The molecule has 1 saturated heterocycles. The Morgan fingerprint density at radius 1 is 1.60 bits per heavy atom. The minimum Gasteiger partial charge on any atom is -0.382 e. The van der Waals surface area contributed by atoms with Crippen LogP contribution in [0, 0.1) is 0 Å². The van der Waals surface area contributed by atoms with E-state index >= 15 is 0 Å². The molecule has 1 aliphatic rings. The van der Waals surface area contributed by atoms with Crippen molar-refractivity contribution in [3.05, 3.63) is 0 Å². The Kier molecular flexibility index (Phi) is 3.22. The number of ether oxygens (including phenoxy) is 2. The lowest BCUT2D eigenvalue weighted by molar-refractivity contribution is 0.0108. The van der Waals surface area contributed by atoms with Gasteiger partial charge in [0, 0.05) is 12.6 Å². The van der Waals surface area contributed by atoms with Crippen LogP contribution in [0.1, 0.15) is 19.8 Å². The van der Waals surface area contributed by atoms with E-state index in [0.717, 1.165) is 19.4 Å². The maximum atomic E-state index is 5.52. The van der Waals surface area contributed by atoms with Crippen LogP contribution in [0.2, 0.25) is 0 Å². The average molecular weight is 140 g/mol. The number of hydrogen-bond donors (Lipinski definition) is 0. The fourth-order valence-electron chi connectivity index (χ4n) is 1.11. The molecule has 1 aliphatic heterocycles.